The summed E-state index contributed by atoms with van der Waals surface area (Å²) in [7, 11) is 0. The number of hydrogen-bond donors (Lipinski definition) is 3. The smallest absolute Gasteiger partial charge is 0.241 e. The first-order valence-electron chi connectivity index (χ1n) is 6.85. The van der Waals surface area contributed by atoms with Crippen LogP contribution in [-0.2, 0) is 9.53 Å². The van der Waals surface area contributed by atoms with Crippen molar-refractivity contribution in [3.8, 4) is 0 Å². The Morgan fingerprint density at radius 3 is 2.89 bits per heavy atom. The quantitative estimate of drug-likeness (QED) is 0.616. The molecule has 1 aliphatic heterocycles. The molecular weight excluding hydrogens is 230 g/mol. The second kappa shape index (κ2) is 4.79. The van der Waals surface area contributed by atoms with Crippen molar-refractivity contribution in [3.05, 3.63) is 0 Å². The van der Waals surface area contributed by atoms with Crippen LogP contribution in [0.1, 0.15) is 33.1 Å². The van der Waals surface area contributed by atoms with Crippen LogP contribution in [-0.4, -0.2) is 37.2 Å². The van der Waals surface area contributed by atoms with Crippen LogP contribution in [0.15, 0.2) is 0 Å². The normalized spacial score (nSPS) is 37.6. The van der Waals surface area contributed by atoms with E-state index in [-0.39, 0.29) is 23.3 Å². The zero-order valence-corrected chi connectivity index (χ0v) is 11.4. The molecule has 1 saturated carbocycles. The maximum Gasteiger partial charge on any atom is 0.241 e. The lowest BCUT2D eigenvalue weighted by atomic mass is 9.46. The van der Waals surface area contributed by atoms with Gasteiger partial charge in [-0.2, -0.15) is 0 Å². The molecule has 0 aromatic heterocycles. The van der Waals surface area contributed by atoms with E-state index >= 15 is 0 Å². The van der Waals surface area contributed by atoms with Gasteiger partial charge in [0.1, 0.15) is 5.54 Å². The molecule has 1 aliphatic carbocycles. The summed E-state index contributed by atoms with van der Waals surface area (Å²) in [6, 6.07) is 0. The maximum absolute atomic E-state index is 12.4. The van der Waals surface area contributed by atoms with Crippen molar-refractivity contribution in [1.82, 2.24) is 5.32 Å². The molecule has 3 atom stereocenters. The predicted octanol–water partition coefficient (Wildman–Crippen LogP) is -0.0161. The molecule has 1 saturated heterocycles. The molecule has 0 spiro atoms. The van der Waals surface area contributed by atoms with Gasteiger partial charge in [0, 0.05) is 24.5 Å². The standard InChI is InChI=1S/C13H25N3O2/c1-12(2)10-9(5-3-8-18-10)13(12,15)11(17)16-7-4-6-14/h9-10H,3-8,14-15H2,1-2H3,(H,16,17). The largest absolute Gasteiger partial charge is 0.377 e. The number of amides is 1. The van der Waals surface area contributed by atoms with E-state index in [2.05, 4.69) is 5.32 Å². The first kappa shape index (κ1) is 13.8. The Kier molecular flexibility index (Phi) is 3.67. The molecule has 18 heavy (non-hydrogen) atoms. The minimum atomic E-state index is -0.799. The van der Waals surface area contributed by atoms with E-state index in [1.807, 2.05) is 13.8 Å². The Morgan fingerprint density at radius 2 is 2.22 bits per heavy atom. The number of nitrogens with two attached hydrogens (primary N) is 2. The monoisotopic (exact) mass is 255 g/mol. The van der Waals surface area contributed by atoms with Gasteiger partial charge in [0.15, 0.2) is 0 Å². The minimum Gasteiger partial charge on any atom is -0.377 e. The van der Waals surface area contributed by atoms with E-state index in [4.69, 9.17) is 16.2 Å². The summed E-state index contributed by atoms with van der Waals surface area (Å²) in [6.45, 7) is 6.03. The minimum absolute atomic E-state index is 0.0484. The van der Waals surface area contributed by atoms with Crippen molar-refractivity contribution in [1.29, 1.82) is 0 Å². The molecule has 0 aromatic carbocycles. The molecule has 5 N–H and O–H groups in total. The zero-order chi connectivity index (χ0) is 13.4. The van der Waals surface area contributed by atoms with Gasteiger partial charge in [0.2, 0.25) is 5.91 Å². The van der Waals surface area contributed by atoms with Crippen molar-refractivity contribution in [3.63, 3.8) is 0 Å². The molecule has 2 rings (SSSR count). The summed E-state index contributed by atoms with van der Waals surface area (Å²) in [5.74, 6) is 0.104. The van der Waals surface area contributed by atoms with Crippen molar-refractivity contribution in [2.45, 2.75) is 44.8 Å². The lowest BCUT2D eigenvalue weighted by Gasteiger charge is -2.65. The van der Waals surface area contributed by atoms with Crippen LogP contribution in [0.3, 0.4) is 0 Å². The summed E-state index contributed by atoms with van der Waals surface area (Å²) >= 11 is 0. The van der Waals surface area contributed by atoms with Gasteiger partial charge in [-0.15, -0.1) is 0 Å². The Hall–Kier alpha value is -0.650. The first-order chi connectivity index (χ1) is 8.46. The van der Waals surface area contributed by atoms with E-state index in [0.717, 1.165) is 25.9 Å². The summed E-state index contributed by atoms with van der Waals surface area (Å²) in [4.78, 5) is 12.4. The van der Waals surface area contributed by atoms with Gasteiger partial charge < -0.3 is 21.5 Å². The highest BCUT2D eigenvalue weighted by Gasteiger charge is 2.70. The van der Waals surface area contributed by atoms with Crippen LogP contribution in [0.4, 0.5) is 0 Å². The summed E-state index contributed by atoms with van der Waals surface area (Å²) in [6.07, 6.45) is 2.88. The highest BCUT2D eigenvalue weighted by atomic mass is 16.5. The average molecular weight is 255 g/mol. The molecule has 0 aromatic rings. The van der Waals surface area contributed by atoms with E-state index in [9.17, 15) is 4.79 Å². The zero-order valence-electron chi connectivity index (χ0n) is 11.4. The Labute approximate surface area is 109 Å². The first-order valence-corrected chi connectivity index (χ1v) is 6.85. The number of ether oxygens (including phenoxy) is 1. The fourth-order valence-corrected chi connectivity index (χ4v) is 3.49. The number of carbonyl (C=O) groups is 1. The third-order valence-corrected chi connectivity index (χ3v) is 4.73. The van der Waals surface area contributed by atoms with Crippen molar-refractivity contribution < 1.29 is 9.53 Å². The van der Waals surface area contributed by atoms with Gasteiger partial charge in [-0.1, -0.05) is 13.8 Å². The van der Waals surface area contributed by atoms with Gasteiger partial charge in [0.05, 0.1) is 6.10 Å². The number of rotatable bonds is 4. The van der Waals surface area contributed by atoms with E-state index < -0.39 is 5.54 Å². The molecule has 2 aliphatic rings. The lowest BCUT2D eigenvalue weighted by molar-refractivity contribution is -0.225. The molecule has 104 valence electrons. The Bertz CT molecular complexity index is 332. The number of fused-ring (bicyclic) bond motifs is 1. The van der Waals surface area contributed by atoms with Gasteiger partial charge >= 0.3 is 0 Å². The number of nitrogens with one attached hydrogen (secondary N) is 1. The second-order valence-corrected chi connectivity index (χ2v) is 6.03. The van der Waals surface area contributed by atoms with Crippen LogP contribution in [0.25, 0.3) is 0 Å². The van der Waals surface area contributed by atoms with Gasteiger partial charge in [-0.25, -0.2) is 0 Å². The number of carbonyl (C=O) groups excluding carboxylic acids is 1. The van der Waals surface area contributed by atoms with E-state index in [1.165, 1.54) is 0 Å². The van der Waals surface area contributed by atoms with Crippen LogP contribution >= 0.6 is 0 Å². The third kappa shape index (κ3) is 1.76. The van der Waals surface area contributed by atoms with Crippen LogP contribution in [0.5, 0.6) is 0 Å². The second-order valence-electron chi connectivity index (χ2n) is 6.03. The Balaban J connectivity index is 2.06. The molecule has 1 heterocycles. The van der Waals surface area contributed by atoms with Crippen molar-refractivity contribution in [2.75, 3.05) is 19.7 Å². The van der Waals surface area contributed by atoms with Gasteiger partial charge in [0.25, 0.3) is 0 Å². The molecular formula is C13H25N3O2. The molecule has 3 unspecified atom stereocenters. The van der Waals surface area contributed by atoms with E-state index in [1.54, 1.807) is 0 Å². The average Bonchev–Trinajstić information content (AvgIpc) is 2.37. The highest BCUT2D eigenvalue weighted by molar-refractivity contribution is 5.89. The molecule has 0 radical (unpaired) electrons. The van der Waals surface area contributed by atoms with E-state index in [0.29, 0.717) is 13.1 Å². The van der Waals surface area contributed by atoms with Crippen LogP contribution in [0, 0.1) is 11.3 Å². The molecule has 1 amide bonds. The number of hydrogen-bond acceptors (Lipinski definition) is 4. The molecule has 5 heteroatoms. The lowest BCUT2D eigenvalue weighted by Crippen LogP contribution is -2.82. The molecule has 2 fully saturated rings. The maximum atomic E-state index is 12.4. The third-order valence-electron chi connectivity index (χ3n) is 4.73. The Morgan fingerprint density at radius 1 is 1.50 bits per heavy atom. The topological polar surface area (TPSA) is 90.4 Å². The van der Waals surface area contributed by atoms with Crippen molar-refractivity contribution >= 4 is 5.91 Å². The van der Waals surface area contributed by atoms with Gasteiger partial charge in [-0.05, 0) is 25.8 Å². The summed E-state index contributed by atoms with van der Waals surface area (Å²) < 4.78 is 5.78. The molecule has 5 nitrogen and oxygen atoms in total. The summed E-state index contributed by atoms with van der Waals surface area (Å²) in [5.41, 5.74) is 10.8. The predicted molar refractivity (Wildman–Crippen MR) is 69.8 cm³/mol. The van der Waals surface area contributed by atoms with Crippen molar-refractivity contribution in [2.24, 2.45) is 22.8 Å². The molecule has 0 bridgehead atoms. The fraction of sp³-hybridized carbons (Fsp3) is 0.923. The fourth-order valence-electron chi connectivity index (χ4n) is 3.49. The highest BCUT2D eigenvalue weighted by Crippen LogP contribution is 2.57. The summed E-state index contributed by atoms with van der Waals surface area (Å²) in [5, 5.41) is 2.92. The van der Waals surface area contributed by atoms with Crippen LogP contribution < -0.4 is 16.8 Å². The SMILES string of the molecule is CC1(C)C2OCCCC2C1(N)C(=O)NCCCN. The van der Waals surface area contributed by atoms with Crippen LogP contribution in [0.2, 0.25) is 0 Å². The van der Waals surface area contributed by atoms with Gasteiger partial charge in [-0.3, -0.25) is 4.79 Å².